The lowest BCUT2D eigenvalue weighted by molar-refractivity contribution is 0.0578. The van der Waals surface area contributed by atoms with E-state index in [0.717, 1.165) is 16.8 Å². The molecule has 2 aromatic rings. The Morgan fingerprint density at radius 3 is 2.24 bits per heavy atom. The number of nitrogens with zero attached hydrogens (tertiary/aromatic N) is 3. The molecule has 1 heterocycles. The minimum absolute atomic E-state index is 0.00475. The van der Waals surface area contributed by atoms with Crippen LogP contribution in [0.25, 0.3) is 11.1 Å². The van der Waals surface area contributed by atoms with Gasteiger partial charge in [-0.2, -0.15) is 0 Å². The average Bonchev–Trinajstić information content (AvgIpc) is 2.59. The Kier molecular flexibility index (Phi) is 6.15. The maximum atomic E-state index is 12.8. The van der Waals surface area contributed by atoms with E-state index in [1.54, 1.807) is 24.2 Å². The van der Waals surface area contributed by atoms with Crippen molar-refractivity contribution >= 4 is 11.6 Å². The van der Waals surface area contributed by atoms with Crippen LogP contribution in [0.5, 0.6) is 0 Å². The third-order valence-corrected chi connectivity index (χ3v) is 4.05. The molecule has 0 saturated heterocycles. The van der Waals surface area contributed by atoms with E-state index in [2.05, 4.69) is 4.98 Å². The summed E-state index contributed by atoms with van der Waals surface area (Å²) < 4.78 is 0. The van der Waals surface area contributed by atoms with E-state index >= 15 is 0 Å². The van der Waals surface area contributed by atoms with Crippen molar-refractivity contribution in [1.82, 2.24) is 9.88 Å². The number of pyridine rings is 1. The number of carbonyl (C=O) groups is 1. The summed E-state index contributed by atoms with van der Waals surface area (Å²) in [5.74, 6) is -0.116. The molecule has 2 rings (SSSR count). The van der Waals surface area contributed by atoms with Crippen LogP contribution in [-0.4, -0.2) is 53.7 Å². The van der Waals surface area contributed by atoms with Gasteiger partial charge >= 0.3 is 0 Å². The summed E-state index contributed by atoms with van der Waals surface area (Å²) in [6, 6.07) is 9.99. The lowest BCUT2D eigenvalue weighted by Crippen LogP contribution is -2.41. The highest BCUT2D eigenvalue weighted by Gasteiger charge is 2.21. The van der Waals surface area contributed by atoms with E-state index in [0.29, 0.717) is 12.1 Å². The molecular formula is C20H27N3O2. The molecule has 0 bridgehead atoms. The molecular weight excluding hydrogens is 314 g/mol. The fourth-order valence-electron chi connectivity index (χ4n) is 2.65. The first-order chi connectivity index (χ1) is 11.8. The van der Waals surface area contributed by atoms with Gasteiger partial charge in [0.15, 0.2) is 0 Å². The van der Waals surface area contributed by atoms with Crippen LogP contribution < -0.4 is 4.90 Å². The predicted molar refractivity (Wildman–Crippen MR) is 102 cm³/mol. The van der Waals surface area contributed by atoms with Crippen molar-refractivity contribution in [3.63, 3.8) is 0 Å². The highest BCUT2D eigenvalue weighted by Crippen LogP contribution is 2.23. The van der Waals surface area contributed by atoms with Crippen LogP contribution in [0.15, 0.2) is 42.7 Å². The average molecular weight is 341 g/mol. The number of hydrogen-bond donors (Lipinski definition) is 1. The van der Waals surface area contributed by atoms with E-state index in [1.165, 1.54) is 0 Å². The first kappa shape index (κ1) is 18.9. The molecule has 1 unspecified atom stereocenters. The van der Waals surface area contributed by atoms with Gasteiger partial charge in [0.05, 0.1) is 11.7 Å². The van der Waals surface area contributed by atoms with Crippen molar-refractivity contribution in [2.45, 2.75) is 32.9 Å². The van der Waals surface area contributed by atoms with E-state index in [-0.39, 0.29) is 11.9 Å². The number of amides is 1. The van der Waals surface area contributed by atoms with Crippen molar-refractivity contribution in [1.29, 1.82) is 0 Å². The fraction of sp³-hybridized carbons (Fsp3) is 0.400. The van der Waals surface area contributed by atoms with Gasteiger partial charge in [-0.15, -0.1) is 0 Å². The molecule has 0 aliphatic heterocycles. The molecule has 1 atom stereocenters. The largest absolute Gasteiger partial charge is 0.392 e. The van der Waals surface area contributed by atoms with Crippen molar-refractivity contribution < 1.29 is 9.90 Å². The lowest BCUT2D eigenvalue weighted by Gasteiger charge is -2.28. The molecule has 0 saturated carbocycles. The maximum absolute atomic E-state index is 12.8. The van der Waals surface area contributed by atoms with Gasteiger partial charge in [-0.3, -0.25) is 9.78 Å². The summed E-state index contributed by atoms with van der Waals surface area (Å²) in [5, 5.41) is 9.66. The molecule has 1 aromatic heterocycles. The Morgan fingerprint density at radius 2 is 1.72 bits per heavy atom. The van der Waals surface area contributed by atoms with Crippen molar-refractivity contribution in [2.75, 3.05) is 25.5 Å². The number of aromatic nitrogens is 1. The topological polar surface area (TPSA) is 56.7 Å². The molecule has 0 spiro atoms. The van der Waals surface area contributed by atoms with Gasteiger partial charge in [0, 0.05) is 50.3 Å². The Bertz CT molecular complexity index is 709. The SMILES string of the molecule is CC(O)CN(C(=O)c1cncc(-c2ccc(N(C)C)cc2)c1)C(C)C. The van der Waals surface area contributed by atoms with Gasteiger partial charge < -0.3 is 14.9 Å². The molecule has 0 radical (unpaired) electrons. The van der Waals surface area contributed by atoms with Crippen LogP contribution in [0.2, 0.25) is 0 Å². The van der Waals surface area contributed by atoms with Crippen LogP contribution >= 0.6 is 0 Å². The minimum atomic E-state index is -0.568. The summed E-state index contributed by atoms with van der Waals surface area (Å²) in [6.45, 7) is 5.87. The van der Waals surface area contributed by atoms with Gasteiger partial charge in [-0.1, -0.05) is 12.1 Å². The summed E-state index contributed by atoms with van der Waals surface area (Å²) in [4.78, 5) is 20.8. The van der Waals surface area contributed by atoms with E-state index < -0.39 is 6.10 Å². The molecule has 1 N–H and O–H groups in total. The molecule has 5 heteroatoms. The minimum Gasteiger partial charge on any atom is -0.392 e. The normalized spacial score (nSPS) is 12.1. The first-order valence-electron chi connectivity index (χ1n) is 8.51. The van der Waals surface area contributed by atoms with Crippen LogP contribution in [0, 0.1) is 0 Å². The zero-order valence-electron chi connectivity index (χ0n) is 15.6. The zero-order valence-corrected chi connectivity index (χ0v) is 15.6. The van der Waals surface area contributed by atoms with E-state index in [4.69, 9.17) is 0 Å². The number of aliphatic hydroxyl groups excluding tert-OH is 1. The molecule has 25 heavy (non-hydrogen) atoms. The van der Waals surface area contributed by atoms with Crippen LogP contribution in [0.1, 0.15) is 31.1 Å². The Hall–Kier alpha value is -2.40. The zero-order chi connectivity index (χ0) is 18.6. The van der Waals surface area contributed by atoms with Gasteiger partial charge in [0.25, 0.3) is 5.91 Å². The standard InChI is InChI=1S/C20H27N3O2/c1-14(2)23(13-15(3)24)20(25)18-10-17(11-21-12-18)16-6-8-19(9-7-16)22(4)5/h6-12,14-15,24H,13H2,1-5H3. The second-order valence-electron chi connectivity index (χ2n) is 6.80. The monoisotopic (exact) mass is 341 g/mol. The van der Waals surface area contributed by atoms with Crippen molar-refractivity contribution in [3.05, 3.63) is 48.3 Å². The number of benzene rings is 1. The maximum Gasteiger partial charge on any atom is 0.255 e. The number of carbonyl (C=O) groups excluding carboxylic acids is 1. The summed E-state index contributed by atoms with van der Waals surface area (Å²) >= 11 is 0. The Morgan fingerprint density at radius 1 is 1.08 bits per heavy atom. The number of rotatable bonds is 6. The quantitative estimate of drug-likeness (QED) is 0.877. The fourth-order valence-corrected chi connectivity index (χ4v) is 2.65. The lowest BCUT2D eigenvalue weighted by atomic mass is 10.0. The number of aliphatic hydroxyl groups is 1. The molecule has 1 aromatic carbocycles. The Balaban J connectivity index is 2.29. The predicted octanol–water partition coefficient (Wildman–Crippen LogP) is 3.05. The first-order valence-corrected chi connectivity index (χ1v) is 8.51. The molecule has 0 aliphatic rings. The van der Waals surface area contributed by atoms with Gasteiger partial charge in [-0.05, 0) is 44.5 Å². The van der Waals surface area contributed by atoms with E-state index in [9.17, 15) is 9.90 Å². The Labute approximate surface area is 149 Å². The van der Waals surface area contributed by atoms with Gasteiger partial charge in [-0.25, -0.2) is 0 Å². The summed E-state index contributed by atoms with van der Waals surface area (Å²) in [7, 11) is 4.00. The molecule has 134 valence electrons. The number of anilines is 1. The van der Waals surface area contributed by atoms with Gasteiger partial charge in [0.1, 0.15) is 0 Å². The van der Waals surface area contributed by atoms with Crippen molar-refractivity contribution in [2.24, 2.45) is 0 Å². The van der Waals surface area contributed by atoms with Crippen molar-refractivity contribution in [3.8, 4) is 11.1 Å². The van der Waals surface area contributed by atoms with E-state index in [1.807, 2.05) is 63.2 Å². The third-order valence-electron chi connectivity index (χ3n) is 4.05. The molecule has 1 amide bonds. The van der Waals surface area contributed by atoms with Crippen LogP contribution in [0.4, 0.5) is 5.69 Å². The highest BCUT2D eigenvalue weighted by molar-refractivity contribution is 5.95. The highest BCUT2D eigenvalue weighted by atomic mass is 16.3. The number of hydrogen-bond acceptors (Lipinski definition) is 4. The molecule has 0 aliphatic carbocycles. The molecule has 0 fully saturated rings. The van der Waals surface area contributed by atoms with Crippen LogP contribution in [0.3, 0.4) is 0 Å². The third kappa shape index (κ3) is 4.79. The van der Waals surface area contributed by atoms with Gasteiger partial charge in [0.2, 0.25) is 0 Å². The van der Waals surface area contributed by atoms with Crippen LogP contribution in [-0.2, 0) is 0 Å². The second kappa shape index (κ2) is 8.12. The smallest absolute Gasteiger partial charge is 0.255 e. The summed E-state index contributed by atoms with van der Waals surface area (Å²) in [6.07, 6.45) is 2.77. The molecule has 5 nitrogen and oxygen atoms in total. The summed E-state index contributed by atoms with van der Waals surface area (Å²) in [5.41, 5.74) is 3.56. The second-order valence-corrected chi connectivity index (χ2v) is 6.80.